The van der Waals surface area contributed by atoms with Gasteiger partial charge in [-0.3, -0.25) is 4.79 Å². The van der Waals surface area contributed by atoms with Crippen LogP contribution in [0.1, 0.15) is 5.56 Å². The van der Waals surface area contributed by atoms with Crippen molar-refractivity contribution in [3.63, 3.8) is 0 Å². The predicted molar refractivity (Wildman–Crippen MR) is 48.1 cm³/mol. The topological polar surface area (TPSA) is 43.5 Å². The van der Waals surface area contributed by atoms with Gasteiger partial charge in [0, 0.05) is 5.56 Å². The van der Waals surface area contributed by atoms with Crippen LogP contribution < -0.4 is 5.43 Å². The maximum absolute atomic E-state index is 10.7. The monoisotopic (exact) mass is 177 g/mol. The van der Waals surface area contributed by atoms with Gasteiger partial charge in [-0.05, 0) is 11.8 Å². The summed E-state index contributed by atoms with van der Waals surface area (Å²) in [7, 11) is 0. The summed E-state index contributed by atoms with van der Waals surface area (Å²) >= 11 is 1.06. The number of nitrogens with zero attached hydrogens (tertiary/aromatic N) is 2. The minimum atomic E-state index is -0.242. The number of carbonyl (C=O) groups is 1. The molecule has 0 spiro atoms. The van der Waals surface area contributed by atoms with E-state index in [2.05, 4.69) is 10.5 Å². The van der Waals surface area contributed by atoms with Gasteiger partial charge in [0.05, 0.1) is 0 Å². The van der Waals surface area contributed by atoms with E-state index in [1.54, 1.807) is 0 Å². The molecule has 59 valence electrons. The number of hydrogen-bond acceptors (Lipinski definition) is 3. The van der Waals surface area contributed by atoms with Crippen molar-refractivity contribution in [3.8, 4) is 0 Å². The maximum atomic E-state index is 10.7. The van der Waals surface area contributed by atoms with Gasteiger partial charge in [0.1, 0.15) is 5.04 Å². The van der Waals surface area contributed by atoms with Crippen LogP contribution in [0.5, 0.6) is 0 Å². The number of amides is 1. The first-order valence-corrected chi connectivity index (χ1v) is 4.24. The standard InChI is InChI=1S/C8H5N2OS/c11-8-10-9-7(12-8)6-4-2-1-3-5-6/h1-5H. The van der Waals surface area contributed by atoms with Crippen LogP contribution in [0.2, 0.25) is 0 Å². The Hall–Kier alpha value is -1.29. The van der Waals surface area contributed by atoms with E-state index in [4.69, 9.17) is 0 Å². The molecule has 3 nitrogen and oxygen atoms in total. The molecule has 1 aliphatic rings. The second-order valence-corrected chi connectivity index (χ2v) is 3.18. The Bertz CT molecular complexity index is 334. The second-order valence-electron chi connectivity index (χ2n) is 2.24. The molecule has 0 aromatic heterocycles. The normalized spacial score (nSPS) is 15.7. The first kappa shape index (κ1) is 7.36. The van der Waals surface area contributed by atoms with Crippen LogP contribution in [0.3, 0.4) is 0 Å². The fraction of sp³-hybridized carbons (Fsp3) is 0. The molecule has 12 heavy (non-hydrogen) atoms. The molecule has 1 aliphatic heterocycles. The molecule has 0 bridgehead atoms. The van der Waals surface area contributed by atoms with Gasteiger partial charge in [0.25, 0.3) is 0 Å². The Labute approximate surface area is 73.9 Å². The third kappa shape index (κ3) is 1.33. The smallest absolute Gasteiger partial charge is 0.257 e. The number of benzene rings is 1. The SMILES string of the molecule is O=C1[N]N=C(c2ccccc2)S1. The van der Waals surface area contributed by atoms with Crippen molar-refractivity contribution in [2.24, 2.45) is 5.10 Å². The van der Waals surface area contributed by atoms with Gasteiger partial charge in [0.15, 0.2) is 0 Å². The lowest BCUT2D eigenvalue weighted by Gasteiger charge is -1.93. The molecule has 0 saturated heterocycles. The van der Waals surface area contributed by atoms with E-state index >= 15 is 0 Å². The molecule has 2 rings (SSSR count). The fourth-order valence-electron chi connectivity index (χ4n) is 0.907. The highest BCUT2D eigenvalue weighted by atomic mass is 32.2. The lowest BCUT2D eigenvalue weighted by Crippen LogP contribution is -1.92. The molecule has 0 aliphatic carbocycles. The van der Waals surface area contributed by atoms with E-state index in [9.17, 15) is 4.79 Å². The first-order valence-electron chi connectivity index (χ1n) is 3.42. The van der Waals surface area contributed by atoms with Gasteiger partial charge in [0.2, 0.25) is 0 Å². The molecule has 0 fully saturated rings. The van der Waals surface area contributed by atoms with Crippen molar-refractivity contribution >= 4 is 22.0 Å². The van der Waals surface area contributed by atoms with Crippen LogP contribution in [0, 0.1) is 0 Å². The van der Waals surface area contributed by atoms with Crippen molar-refractivity contribution in [1.82, 2.24) is 5.43 Å². The van der Waals surface area contributed by atoms with Gasteiger partial charge in [-0.1, -0.05) is 35.8 Å². The molecule has 1 amide bonds. The van der Waals surface area contributed by atoms with E-state index in [0.29, 0.717) is 5.04 Å². The summed E-state index contributed by atoms with van der Waals surface area (Å²) in [5.41, 5.74) is 4.35. The lowest BCUT2D eigenvalue weighted by molar-refractivity contribution is 0.261. The van der Waals surface area contributed by atoms with E-state index in [1.165, 1.54) is 0 Å². The number of hydrogen-bond donors (Lipinski definition) is 0. The van der Waals surface area contributed by atoms with E-state index < -0.39 is 0 Å². The molecule has 1 aromatic carbocycles. The predicted octanol–water partition coefficient (Wildman–Crippen LogP) is 1.82. The second kappa shape index (κ2) is 2.98. The summed E-state index contributed by atoms with van der Waals surface area (Å²) < 4.78 is 0. The molecule has 0 saturated carbocycles. The summed E-state index contributed by atoms with van der Waals surface area (Å²) in [6, 6.07) is 9.53. The van der Waals surface area contributed by atoms with E-state index in [1.807, 2.05) is 30.3 Å². The highest BCUT2D eigenvalue weighted by Gasteiger charge is 2.18. The zero-order valence-electron chi connectivity index (χ0n) is 6.10. The summed E-state index contributed by atoms with van der Waals surface area (Å²) in [6.07, 6.45) is 0. The molecule has 0 unspecified atom stereocenters. The van der Waals surface area contributed by atoms with Crippen LogP contribution in [-0.2, 0) is 0 Å². The summed E-state index contributed by atoms with van der Waals surface area (Å²) in [4.78, 5) is 10.7. The van der Waals surface area contributed by atoms with Gasteiger partial charge >= 0.3 is 5.24 Å². The number of thioether (sulfide) groups is 1. The highest BCUT2D eigenvalue weighted by molar-refractivity contribution is 8.27. The average molecular weight is 177 g/mol. The van der Waals surface area contributed by atoms with Crippen molar-refractivity contribution in [1.29, 1.82) is 0 Å². The third-order valence-electron chi connectivity index (χ3n) is 1.43. The van der Waals surface area contributed by atoms with Crippen LogP contribution in [0.25, 0.3) is 0 Å². The first-order chi connectivity index (χ1) is 5.86. The van der Waals surface area contributed by atoms with Gasteiger partial charge < -0.3 is 0 Å². The Balaban J connectivity index is 2.28. The summed E-state index contributed by atoms with van der Waals surface area (Å²) in [6.45, 7) is 0. The van der Waals surface area contributed by atoms with Crippen molar-refractivity contribution in [2.45, 2.75) is 0 Å². The van der Waals surface area contributed by atoms with E-state index in [0.717, 1.165) is 17.3 Å². The third-order valence-corrected chi connectivity index (χ3v) is 2.19. The fourth-order valence-corrected chi connectivity index (χ4v) is 1.49. The minimum Gasteiger partial charge on any atom is -0.257 e. The Morgan fingerprint density at radius 2 is 1.92 bits per heavy atom. The number of rotatable bonds is 1. The molecule has 1 radical (unpaired) electrons. The number of carbonyl (C=O) groups excluding carboxylic acids is 1. The van der Waals surface area contributed by atoms with Crippen LogP contribution in [0.4, 0.5) is 4.79 Å². The summed E-state index contributed by atoms with van der Waals surface area (Å²) in [5, 5.41) is 4.18. The average Bonchev–Trinajstić information content (AvgIpc) is 2.54. The maximum Gasteiger partial charge on any atom is 0.329 e. The van der Waals surface area contributed by atoms with Crippen LogP contribution >= 0.6 is 11.8 Å². The zero-order chi connectivity index (χ0) is 8.39. The summed E-state index contributed by atoms with van der Waals surface area (Å²) in [5.74, 6) is 0. The van der Waals surface area contributed by atoms with Crippen molar-refractivity contribution in [2.75, 3.05) is 0 Å². The largest absolute Gasteiger partial charge is 0.329 e. The molecule has 0 atom stereocenters. The molecular weight excluding hydrogens is 172 g/mol. The zero-order valence-corrected chi connectivity index (χ0v) is 6.91. The minimum absolute atomic E-state index is 0.242. The Morgan fingerprint density at radius 3 is 2.50 bits per heavy atom. The van der Waals surface area contributed by atoms with Gasteiger partial charge in [-0.2, -0.15) is 0 Å². The van der Waals surface area contributed by atoms with E-state index in [-0.39, 0.29) is 5.24 Å². The Morgan fingerprint density at radius 1 is 1.17 bits per heavy atom. The van der Waals surface area contributed by atoms with Crippen molar-refractivity contribution in [3.05, 3.63) is 35.9 Å². The molecule has 4 heteroatoms. The van der Waals surface area contributed by atoms with Crippen LogP contribution in [-0.4, -0.2) is 10.3 Å². The quantitative estimate of drug-likeness (QED) is 0.656. The van der Waals surface area contributed by atoms with Crippen molar-refractivity contribution < 1.29 is 4.79 Å². The Kier molecular flexibility index (Phi) is 1.83. The molecule has 1 aromatic rings. The highest BCUT2D eigenvalue weighted by Crippen LogP contribution is 2.18. The molecular formula is C8H5N2OS. The molecule has 0 N–H and O–H groups in total. The lowest BCUT2D eigenvalue weighted by atomic mass is 10.2. The van der Waals surface area contributed by atoms with Gasteiger partial charge in [-0.25, -0.2) is 0 Å². The van der Waals surface area contributed by atoms with Crippen LogP contribution in [0.15, 0.2) is 35.4 Å². The molecule has 1 heterocycles. The van der Waals surface area contributed by atoms with Gasteiger partial charge in [-0.15, -0.1) is 5.10 Å².